The lowest BCUT2D eigenvalue weighted by Crippen LogP contribution is -2.03. The second-order valence-electron chi connectivity index (χ2n) is 2.13. The molecule has 1 atom stereocenters. The minimum absolute atomic E-state index is 0.0614. The molecule has 1 unspecified atom stereocenters. The zero-order valence-electron chi connectivity index (χ0n) is 5.71. The smallest absolute Gasteiger partial charge is 0.0841 e. The van der Waals surface area contributed by atoms with Gasteiger partial charge in [-0.2, -0.15) is 0 Å². The Morgan fingerprint density at radius 1 is 1.70 bits per heavy atom. The Bertz CT molecular complexity index is 223. The molecule has 0 aliphatic carbocycles. The average molecular weight is 248 g/mol. The molecule has 2 N–H and O–H groups in total. The summed E-state index contributed by atoms with van der Waals surface area (Å²) in [6, 6.07) is 1.97. The molecule has 1 rings (SSSR count). The second kappa shape index (κ2) is 3.30. The number of nitrogens with zero attached hydrogens (tertiary/aromatic N) is 1. The van der Waals surface area contributed by atoms with Crippen LogP contribution in [0.4, 0.5) is 0 Å². The van der Waals surface area contributed by atoms with E-state index in [0.29, 0.717) is 0 Å². The van der Waals surface area contributed by atoms with E-state index in [1.807, 2.05) is 19.2 Å². The highest BCUT2D eigenvalue weighted by atomic mass is 127. The predicted octanol–water partition coefficient (Wildman–Crippen LogP) is 1.78. The highest BCUT2D eigenvalue weighted by Crippen LogP contribution is 2.18. The molecular formula is C7H9IN2. The van der Waals surface area contributed by atoms with Crippen LogP contribution < -0.4 is 5.73 Å². The van der Waals surface area contributed by atoms with Crippen LogP contribution >= 0.6 is 22.6 Å². The van der Waals surface area contributed by atoms with Gasteiger partial charge in [0.05, 0.1) is 4.05 Å². The van der Waals surface area contributed by atoms with E-state index in [1.54, 1.807) is 6.20 Å². The number of halogens is 1. The fourth-order valence-electron chi connectivity index (χ4n) is 0.765. The van der Waals surface area contributed by atoms with Crippen LogP contribution in [-0.4, -0.2) is 4.98 Å². The molecule has 0 spiro atoms. The highest BCUT2D eigenvalue weighted by molar-refractivity contribution is 14.1. The highest BCUT2D eigenvalue weighted by Gasteiger charge is 2.02. The van der Waals surface area contributed by atoms with Crippen LogP contribution in [0.1, 0.15) is 15.2 Å². The van der Waals surface area contributed by atoms with Gasteiger partial charge in [-0.15, -0.1) is 0 Å². The summed E-state index contributed by atoms with van der Waals surface area (Å²) < 4.78 is 0.0614. The number of aryl methyl sites for hydroxylation is 1. The van der Waals surface area contributed by atoms with Crippen LogP contribution in [0.2, 0.25) is 0 Å². The van der Waals surface area contributed by atoms with Crippen molar-refractivity contribution in [3.63, 3.8) is 0 Å². The quantitative estimate of drug-likeness (QED) is 0.467. The maximum atomic E-state index is 5.66. The lowest BCUT2D eigenvalue weighted by atomic mass is 10.2. The van der Waals surface area contributed by atoms with Crippen molar-refractivity contribution in [3.8, 4) is 0 Å². The number of nitrogens with two attached hydrogens (primary N) is 1. The number of pyridine rings is 1. The largest absolute Gasteiger partial charge is 0.316 e. The second-order valence-corrected chi connectivity index (χ2v) is 3.48. The third-order valence-electron chi connectivity index (χ3n) is 1.38. The molecule has 0 aromatic carbocycles. The maximum Gasteiger partial charge on any atom is 0.0841 e. The molecule has 1 aromatic rings. The minimum atomic E-state index is 0.0614. The lowest BCUT2D eigenvalue weighted by molar-refractivity contribution is 1.03. The van der Waals surface area contributed by atoms with Crippen molar-refractivity contribution in [2.45, 2.75) is 11.0 Å². The molecule has 0 fully saturated rings. The zero-order chi connectivity index (χ0) is 7.56. The van der Waals surface area contributed by atoms with Crippen molar-refractivity contribution >= 4 is 22.6 Å². The summed E-state index contributed by atoms with van der Waals surface area (Å²) in [5, 5.41) is 0. The van der Waals surface area contributed by atoms with Gasteiger partial charge in [-0.05, 0) is 24.1 Å². The summed E-state index contributed by atoms with van der Waals surface area (Å²) in [5.74, 6) is 0. The SMILES string of the molecule is Cc1ccncc1C(N)I. The van der Waals surface area contributed by atoms with E-state index in [0.717, 1.165) is 5.56 Å². The van der Waals surface area contributed by atoms with Crippen LogP contribution in [0.15, 0.2) is 18.5 Å². The predicted molar refractivity (Wildman–Crippen MR) is 49.9 cm³/mol. The number of aromatic nitrogens is 1. The van der Waals surface area contributed by atoms with Gasteiger partial charge in [0.1, 0.15) is 0 Å². The number of rotatable bonds is 1. The lowest BCUT2D eigenvalue weighted by Gasteiger charge is -2.05. The zero-order valence-corrected chi connectivity index (χ0v) is 7.87. The molecule has 2 nitrogen and oxygen atoms in total. The van der Waals surface area contributed by atoms with Crippen molar-refractivity contribution < 1.29 is 0 Å². The van der Waals surface area contributed by atoms with E-state index >= 15 is 0 Å². The standard InChI is InChI=1S/C7H9IN2/c1-5-2-3-10-4-6(5)7(8)9/h2-4,7H,9H2,1H3. The van der Waals surface area contributed by atoms with Gasteiger partial charge in [0.15, 0.2) is 0 Å². The van der Waals surface area contributed by atoms with Gasteiger partial charge in [-0.25, -0.2) is 0 Å². The summed E-state index contributed by atoms with van der Waals surface area (Å²) >= 11 is 2.17. The first kappa shape index (κ1) is 7.94. The molecule has 0 amide bonds. The summed E-state index contributed by atoms with van der Waals surface area (Å²) in [7, 11) is 0. The molecule has 0 saturated carbocycles. The average Bonchev–Trinajstić information content (AvgIpc) is 1.88. The topological polar surface area (TPSA) is 38.9 Å². The first-order valence-corrected chi connectivity index (χ1v) is 4.26. The molecular weight excluding hydrogens is 239 g/mol. The molecule has 0 bridgehead atoms. The molecule has 1 heterocycles. The number of hydrogen-bond donors (Lipinski definition) is 1. The minimum Gasteiger partial charge on any atom is -0.316 e. The first-order valence-electron chi connectivity index (χ1n) is 3.02. The summed E-state index contributed by atoms with van der Waals surface area (Å²) in [4.78, 5) is 3.98. The molecule has 0 aliphatic heterocycles. The van der Waals surface area contributed by atoms with E-state index in [4.69, 9.17) is 5.73 Å². The van der Waals surface area contributed by atoms with Crippen LogP contribution in [0.5, 0.6) is 0 Å². The van der Waals surface area contributed by atoms with Gasteiger partial charge in [0, 0.05) is 12.4 Å². The van der Waals surface area contributed by atoms with E-state index in [1.165, 1.54) is 5.56 Å². The fraction of sp³-hybridized carbons (Fsp3) is 0.286. The van der Waals surface area contributed by atoms with Gasteiger partial charge in [-0.1, -0.05) is 22.6 Å². The van der Waals surface area contributed by atoms with Gasteiger partial charge in [-0.3, -0.25) is 4.98 Å². The first-order chi connectivity index (χ1) is 4.72. The molecule has 3 heteroatoms. The molecule has 10 heavy (non-hydrogen) atoms. The summed E-state index contributed by atoms with van der Waals surface area (Å²) in [6.07, 6.45) is 3.59. The van der Waals surface area contributed by atoms with Crippen LogP contribution in [0.3, 0.4) is 0 Å². The van der Waals surface area contributed by atoms with Crippen LogP contribution in [-0.2, 0) is 0 Å². The van der Waals surface area contributed by atoms with E-state index in [9.17, 15) is 0 Å². The Morgan fingerprint density at radius 3 is 2.80 bits per heavy atom. The van der Waals surface area contributed by atoms with Crippen LogP contribution in [0, 0.1) is 6.92 Å². The normalized spacial score (nSPS) is 13.1. The van der Waals surface area contributed by atoms with Gasteiger partial charge < -0.3 is 5.73 Å². The van der Waals surface area contributed by atoms with E-state index in [2.05, 4.69) is 27.6 Å². The molecule has 54 valence electrons. The van der Waals surface area contributed by atoms with Crippen LogP contribution in [0.25, 0.3) is 0 Å². The summed E-state index contributed by atoms with van der Waals surface area (Å²) in [6.45, 7) is 2.04. The maximum absolute atomic E-state index is 5.66. The van der Waals surface area contributed by atoms with Crippen molar-refractivity contribution in [2.24, 2.45) is 5.73 Å². The number of alkyl halides is 1. The Balaban J connectivity index is 3.03. The van der Waals surface area contributed by atoms with Crippen molar-refractivity contribution in [3.05, 3.63) is 29.6 Å². The monoisotopic (exact) mass is 248 g/mol. The fourth-order valence-corrected chi connectivity index (χ4v) is 1.42. The Labute approximate surface area is 74.0 Å². The van der Waals surface area contributed by atoms with Gasteiger partial charge in [0.2, 0.25) is 0 Å². The third-order valence-corrected chi connectivity index (χ3v) is 2.05. The van der Waals surface area contributed by atoms with Gasteiger partial charge in [0.25, 0.3) is 0 Å². The summed E-state index contributed by atoms with van der Waals surface area (Å²) in [5.41, 5.74) is 7.98. The Morgan fingerprint density at radius 2 is 2.40 bits per heavy atom. The molecule has 0 aliphatic rings. The van der Waals surface area contributed by atoms with E-state index in [-0.39, 0.29) is 4.05 Å². The Hall–Kier alpha value is -0.160. The van der Waals surface area contributed by atoms with Gasteiger partial charge >= 0.3 is 0 Å². The molecule has 0 radical (unpaired) electrons. The number of hydrogen-bond acceptors (Lipinski definition) is 2. The third kappa shape index (κ3) is 1.67. The Kier molecular flexibility index (Phi) is 2.62. The van der Waals surface area contributed by atoms with Crippen molar-refractivity contribution in [2.75, 3.05) is 0 Å². The van der Waals surface area contributed by atoms with E-state index < -0.39 is 0 Å². The molecule has 1 aromatic heterocycles. The van der Waals surface area contributed by atoms with Crippen molar-refractivity contribution in [1.29, 1.82) is 0 Å². The van der Waals surface area contributed by atoms with Crippen molar-refractivity contribution in [1.82, 2.24) is 4.98 Å². The molecule has 0 saturated heterocycles.